The SMILES string of the molecule is CC(NC(=O)c1ccccc1Cl)C(=O)NCC(c1ccccc1)c1c[nH]c2ccccc12. The summed E-state index contributed by atoms with van der Waals surface area (Å²) >= 11 is 6.09. The van der Waals surface area contributed by atoms with Crippen molar-refractivity contribution in [2.75, 3.05) is 6.54 Å². The van der Waals surface area contributed by atoms with Gasteiger partial charge in [-0.1, -0.05) is 72.3 Å². The van der Waals surface area contributed by atoms with Crippen molar-refractivity contribution in [1.29, 1.82) is 0 Å². The van der Waals surface area contributed by atoms with E-state index in [-0.39, 0.29) is 17.7 Å². The van der Waals surface area contributed by atoms with E-state index in [1.807, 2.05) is 42.6 Å². The lowest BCUT2D eigenvalue weighted by Crippen LogP contribution is -2.45. The number of carbonyl (C=O) groups excluding carboxylic acids is 2. The Hall–Kier alpha value is -3.57. The zero-order chi connectivity index (χ0) is 22.5. The molecule has 1 aromatic heterocycles. The molecule has 0 bridgehead atoms. The first-order valence-electron chi connectivity index (χ1n) is 10.5. The third kappa shape index (κ3) is 4.68. The number of para-hydroxylation sites is 1. The Morgan fingerprint density at radius 2 is 1.62 bits per heavy atom. The van der Waals surface area contributed by atoms with Crippen molar-refractivity contribution in [2.24, 2.45) is 0 Å². The zero-order valence-electron chi connectivity index (χ0n) is 17.6. The molecule has 32 heavy (non-hydrogen) atoms. The lowest BCUT2D eigenvalue weighted by atomic mass is 9.91. The fourth-order valence-corrected chi connectivity index (χ4v) is 4.04. The summed E-state index contributed by atoms with van der Waals surface area (Å²) in [5.41, 5.74) is 3.61. The molecule has 162 valence electrons. The van der Waals surface area contributed by atoms with E-state index < -0.39 is 6.04 Å². The monoisotopic (exact) mass is 445 g/mol. The molecule has 0 aliphatic rings. The second kappa shape index (κ2) is 9.71. The van der Waals surface area contributed by atoms with Gasteiger partial charge in [-0.2, -0.15) is 0 Å². The molecule has 3 aromatic carbocycles. The van der Waals surface area contributed by atoms with Crippen LogP contribution in [0.4, 0.5) is 0 Å². The maximum Gasteiger partial charge on any atom is 0.253 e. The van der Waals surface area contributed by atoms with Gasteiger partial charge in [-0.25, -0.2) is 0 Å². The van der Waals surface area contributed by atoms with Gasteiger partial charge in [0.1, 0.15) is 6.04 Å². The maximum absolute atomic E-state index is 12.8. The van der Waals surface area contributed by atoms with Gasteiger partial charge in [-0.3, -0.25) is 9.59 Å². The Balaban J connectivity index is 1.49. The Morgan fingerprint density at radius 1 is 0.938 bits per heavy atom. The maximum atomic E-state index is 12.8. The molecular formula is C26H24ClN3O2. The molecule has 0 radical (unpaired) electrons. The van der Waals surface area contributed by atoms with Gasteiger partial charge in [-0.05, 0) is 36.2 Å². The van der Waals surface area contributed by atoms with E-state index in [0.717, 1.165) is 22.0 Å². The number of hydrogen-bond acceptors (Lipinski definition) is 2. The highest BCUT2D eigenvalue weighted by Gasteiger charge is 2.22. The molecule has 2 amide bonds. The van der Waals surface area contributed by atoms with E-state index in [0.29, 0.717) is 17.1 Å². The highest BCUT2D eigenvalue weighted by Crippen LogP contribution is 2.30. The molecule has 0 spiro atoms. The molecule has 5 nitrogen and oxygen atoms in total. The highest BCUT2D eigenvalue weighted by molar-refractivity contribution is 6.33. The van der Waals surface area contributed by atoms with Crippen molar-refractivity contribution in [3.8, 4) is 0 Å². The van der Waals surface area contributed by atoms with Crippen molar-refractivity contribution >= 4 is 34.3 Å². The topological polar surface area (TPSA) is 74.0 Å². The Labute approximate surface area is 191 Å². The van der Waals surface area contributed by atoms with Crippen molar-refractivity contribution in [1.82, 2.24) is 15.6 Å². The minimum Gasteiger partial charge on any atom is -0.361 e. The number of aromatic nitrogens is 1. The smallest absolute Gasteiger partial charge is 0.253 e. The van der Waals surface area contributed by atoms with Crippen molar-refractivity contribution in [3.63, 3.8) is 0 Å². The molecule has 4 aromatic rings. The summed E-state index contributed by atoms with van der Waals surface area (Å²) in [5.74, 6) is -0.677. The first kappa shape index (κ1) is 21.7. The number of hydrogen-bond donors (Lipinski definition) is 3. The van der Waals surface area contributed by atoms with Crippen LogP contribution in [0.2, 0.25) is 5.02 Å². The van der Waals surface area contributed by atoms with Gasteiger partial charge in [-0.15, -0.1) is 0 Å². The van der Waals surface area contributed by atoms with Crippen LogP contribution in [0.25, 0.3) is 10.9 Å². The summed E-state index contributed by atoms with van der Waals surface area (Å²) in [6.45, 7) is 2.06. The molecule has 0 aliphatic carbocycles. The van der Waals surface area contributed by atoms with Crippen LogP contribution in [-0.4, -0.2) is 29.4 Å². The zero-order valence-corrected chi connectivity index (χ0v) is 18.4. The van der Waals surface area contributed by atoms with Crippen LogP contribution in [0.1, 0.15) is 34.3 Å². The predicted octanol–water partition coefficient (Wildman–Crippen LogP) is 4.89. The molecule has 1 heterocycles. The molecule has 4 rings (SSSR count). The summed E-state index contributed by atoms with van der Waals surface area (Å²) in [6, 6.07) is 24.2. The van der Waals surface area contributed by atoms with Crippen LogP contribution in [0.3, 0.4) is 0 Å². The van der Waals surface area contributed by atoms with E-state index in [1.165, 1.54) is 0 Å². The van der Waals surface area contributed by atoms with Gasteiger partial charge < -0.3 is 15.6 Å². The fraction of sp³-hybridized carbons (Fsp3) is 0.154. The lowest BCUT2D eigenvalue weighted by molar-refractivity contribution is -0.122. The molecular weight excluding hydrogens is 422 g/mol. The molecule has 3 N–H and O–H groups in total. The Bertz CT molecular complexity index is 1240. The van der Waals surface area contributed by atoms with E-state index in [4.69, 9.17) is 11.6 Å². The van der Waals surface area contributed by atoms with E-state index >= 15 is 0 Å². The number of carbonyl (C=O) groups is 2. The number of amides is 2. The van der Waals surface area contributed by atoms with Crippen LogP contribution in [-0.2, 0) is 4.79 Å². The highest BCUT2D eigenvalue weighted by atomic mass is 35.5. The molecule has 0 fully saturated rings. The first-order chi connectivity index (χ1) is 15.5. The fourth-order valence-electron chi connectivity index (χ4n) is 3.82. The molecule has 6 heteroatoms. The number of nitrogens with one attached hydrogen (secondary N) is 3. The molecule has 0 aliphatic heterocycles. The van der Waals surface area contributed by atoms with Crippen molar-refractivity contribution in [2.45, 2.75) is 18.9 Å². The average Bonchev–Trinajstić information content (AvgIpc) is 3.24. The summed E-state index contributed by atoms with van der Waals surface area (Å²) in [4.78, 5) is 28.6. The lowest BCUT2D eigenvalue weighted by Gasteiger charge is -2.20. The third-order valence-electron chi connectivity index (χ3n) is 5.54. The molecule has 0 saturated heterocycles. The van der Waals surface area contributed by atoms with Crippen LogP contribution in [0.15, 0.2) is 85.1 Å². The summed E-state index contributed by atoms with van der Waals surface area (Å²) < 4.78 is 0. The number of aromatic amines is 1. The van der Waals surface area contributed by atoms with Crippen LogP contribution >= 0.6 is 11.6 Å². The third-order valence-corrected chi connectivity index (χ3v) is 5.87. The summed E-state index contributed by atoms with van der Waals surface area (Å²) in [7, 11) is 0. The van der Waals surface area contributed by atoms with Gasteiger partial charge in [0.05, 0.1) is 10.6 Å². The summed E-state index contributed by atoms with van der Waals surface area (Å²) in [6.07, 6.45) is 2.00. The van der Waals surface area contributed by atoms with E-state index in [2.05, 4.69) is 33.8 Å². The second-order valence-corrected chi connectivity index (χ2v) is 8.08. The van der Waals surface area contributed by atoms with E-state index in [1.54, 1.807) is 31.2 Å². The number of halogens is 1. The normalized spacial score (nSPS) is 12.8. The van der Waals surface area contributed by atoms with Crippen molar-refractivity contribution in [3.05, 3.63) is 107 Å². The van der Waals surface area contributed by atoms with Gasteiger partial charge >= 0.3 is 0 Å². The number of benzene rings is 3. The van der Waals surface area contributed by atoms with Gasteiger partial charge in [0, 0.05) is 29.6 Å². The first-order valence-corrected chi connectivity index (χ1v) is 10.9. The predicted molar refractivity (Wildman–Crippen MR) is 128 cm³/mol. The Kier molecular flexibility index (Phi) is 6.57. The average molecular weight is 446 g/mol. The Morgan fingerprint density at radius 3 is 2.41 bits per heavy atom. The quantitative estimate of drug-likeness (QED) is 0.379. The summed E-state index contributed by atoms with van der Waals surface area (Å²) in [5, 5.41) is 7.20. The van der Waals surface area contributed by atoms with Crippen LogP contribution in [0.5, 0.6) is 0 Å². The van der Waals surface area contributed by atoms with Gasteiger partial charge in [0.2, 0.25) is 5.91 Å². The minimum absolute atomic E-state index is 0.0391. The van der Waals surface area contributed by atoms with Crippen LogP contribution < -0.4 is 10.6 Å². The van der Waals surface area contributed by atoms with Gasteiger partial charge in [0.25, 0.3) is 5.91 Å². The number of H-pyrrole nitrogens is 1. The molecule has 0 saturated carbocycles. The molecule has 2 unspecified atom stereocenters. The number of rotatable bonds is 7. The van der Waals surface area contributed by atoms with Crippen molar-refractivity contribution < 1.29 is 9.59 Å². The number of fused-ring (bicyclic) bond motifs is 1. The van der Waals surface area contributed by atoms with Crippen LogP contribution in [0, 0.1) is 0 Å². The largest absolute Gasteiger partial charge is 0.361 e. The standard InChI is InChI=1S/C26H24ClN3O2/c1-17(30-26(32)20-12-5-7-13-23(20)27)25(31)29-15-21(18-9-3-2-4-10-18)22-16-28-24-14-8-6-11-19(22)24/h2-14,16-17,21,28H,15H2,1H3,(H,29,31)(H,30,32). The second-order valence-electron chi connectivity index (χ2n) is 7.67. The van der Waals surface area contributed by atoms with E-state index in [9.17, 15) is 9.59 Å². The van der Waals surface area contributed by atoms with Gasteiger partial charge in [0.15, 0.2) is 0 Å². The molecule has 2 atom stereocenters. The minimum atomic E-state index is -0.710.